The van der Waals surface area contributed by atoms with E-state index in [4.69, 9.17) is 5.11 Å². The highest BCUT2D eigenvalue weighted by Crippen LogP contribution is 2.07. The highest BCUT2D eigenvalue weighted by Gasteiger charge is 2.14. The fourth-order valence-corrected chi connectivity index (χ4v) is 2.76. The number of carboxylic acids is 1. The minimum absolute atomic E-state index is 0.0653. The molecule has 0 aromatic heterocycles. The Morgan fingerprint density at radius 1 is 1.37 bits per heavy atom. The third-order valence-electron chi connectivity index (χ3n) is 2.44. The molecule has 106 valence electrons. The molecule has 1 unspecified atom stereocenters. The van der Waals surface area contributed by atoms with E-state index in [0.717, 1.165) is 0 Å². The number of hydrogen-bond acceptors (Lipinski definition) is 3. The predicted octanol–water partition coefficient (Wildman–Crippen LogP) is 1.36. The highest BCUT2D eigenvalue weighted by molar-refractivity contribution is 7.88. The molecule has 0 spiro atoms. The zero-order chi connectivity index (χ0) is 14.5. The van der Waals surface area contributed by atoms with Crippen LogP contribution in [0.1, 0.15) is 18.9 Å². The van der Waals surface area contributed by atoms with E-state index in [1.165, 1.54) is 24.3 Å². The van der Waals surface area contributed by atoms with Gasteiger partial charge in [-0.2, -0.15) is 0 Å². The Bertz CT molecular complexity index is 527. The molecule has 0 aliphatic rings. The maximum atomic E-state index is 12.7. The van der Waals surface area contributed by atoms with Gasteiger partial charge in [0.1, 0.15) is 5.82 Å². The maximum absolute atomic E-state index is 12.7. The van der Waals surface area contributed by atoms with E-state index in [9.17, 15) is 17.6 Å². The number of hydrogen-bond donors (Lipinski definition) is 2. The van der Waals surface area contributed by atoms with Crippen molar-refractivity contribution in [1.82, 2.24) is 4.72 Å². The largest absolute Gasteiger partial charge is 0.481 e. The normalized spacial score (nSPS) is 13.2. The topological polar surface area (TPSA) is 83.5 Å². The lowest BCUT2D eigenvalue weighted by Gasteiger charge is -2.11. The lowest BCUT2D eigenvalue weighted by Crippen LogP contribution is -2.30. The van der Waals surface area contributed by atoms with Crippen LogP contribution in [-0.2, 0) is 20.6 Å². The summed E-state index contributed by atoms with van der Waals surface area (Å²) in [6.45, 7) is 1.71. The second kappa shape index (κ2) is 6.63. The number of sulfonamides is 1. The average molecular weight is 289 g/mol. The predicted molar refractivity (Wildman–Crippen MR) is 68.4 cm³/mol. The Morgan fingerprint density at radius 2 is 1.95 bits per heavy atom. The van der Waals surface area contributed by atoms with Crippen molar-refractivity contribution in [2.24, 2.45) is 5.92 Å². The molecule has 1 aromatic carbocycles. The van der Waals surface area contributed by atoms with Crippen molar-refractivity contribution in [1.29, 1.82) is 0 Å². The monoisotopic (exact) mass is 289 g/mol. The molecular formula is C12H16FNO4S. The SMILES string of the molecule is CC(CNS(=O)(=O)Cc1ccc(F)cc1)CC(=O)O. The van der Waals surface area contributed by atoms with E-state index in [2.05, 4.69) is 4.72 Å². The summed E-state index contributed by atoms with van der Waals surface area (Å²) in [5.74, 6) is -1.94. The number of rotatable bonds is 7. The zero-order valence-electron chi connectivity index (χ0n) is 10.5. The molecule has 0 aliphatic heterocycles. The van der Waals surface area contributed by atoms with Gasteiger partial charge in [-0.25, -0.2) is 17.5 Å². The van der Waals surface area contributed by atoms with Gasteiger partial charge in [0.25, 0.3) is 0 Å². The lowest BCUT2D eigenvalue weighted by molar-refractivity contribution is -0.137. The first-order chi connectivity index (χ1) is 8.78. The minimum atomic E-state index is -3.54. The summed E-state index contributed by atoms with van der Waals surface area (Å²) in [4.78, 5) is 10.4. The van der Waals surface area contributed by atoms with Gasteiger partial charge in [0.15, 0.2) is 0 Å². The number of aliphatic carboxylic acids is 1. The molecular weight excluding hydrogens is 273 g/mol. The minimum Gasteiger partial charge on any atom is -0.481 e. The van der Waals surface area contributed by atoms with Gasteiger partial charge >= 0.3 is 5.97 Å². The zero-order valence-corrected chi connectivity index (χ0v) is 11.3. The molecule has 0 amide bonds. The summed E-state index contributed by atoms with van der Waals surface area (Å²) in [5, 5.41) is 8.56. The Balaban J connectivity index is 2.52. The highest BCUT2D eigenvalue weighted by atomic mass is 32.2. The van der Waals surface area contributed by atoms with E-state index >= 15 is 0 Å². The van der Waals surface area contributed by atoms with Gasteiger partial charge in [0.05, 0.1) is 5.75 Å². The smallest absolute Gasteiger partial charge is 0.303 e. The molecule has 1 aromatic rings. The molecule has 1 rings (SSSR count). The van der Waals surface area contributed by atoms with Crippen LogP contribution in [0.25, 0.3) is 0 Å². The van der Waals surface area contributed by atoms with Crippen LogP contribution in [0.3, 0.4) is 0 Å². The average Bonchev–Trinajstić information content (AvgIpc) is 2.29. The summed E-state index contributed by atoms with van der Waals surface area (Å²) >= 11 is 0. The molecule has 0 radical (unpaired) electrons. The standard InChI is InChI=1S/C12H16FNO4S/c1-9(6-12(15)16)7-14-19(17,18)8-10-2-4-11(13)5-3-10/h2-5,9,14H,6-8H2,1H3,(H,15,16). The molecule has 5 nitrogen and oxygen atoms in total. The van der Waals surface area contributed by atoms with Crippen LogP contribution < -0.4 is 4.72 Å². The number of nitrogens with one attached hydrogen (secondary N) is 1. The molecule has 0 saturated heterocycles. The van der Waals surface area contributed by atoms with Gasteiger partial charge in [-0.15, -0.1) is 0 Å². The van der Waals surface area contributed by atoms with Gasteiger partial charge in [-0.3, -0.25) is 4.79 Å². The van der Waals surface area contributed by atoms with E-state index in [1.54, 1.807) is 6.92 Å². The summed E-state index contributed by atoms with van der Waals surface area (Å²) in [7, 11) is -3.54. The third kappa shape index (κ3) is 6.30. The molecule has 0 heterocycles. The second-order valence-corrected chi connectivity index (χ2v) is 6.24. The first kappa shape index (κ1) is 15.6. The van der Waals surface area contributed by atoms with E-state index < -0.39 is 21.8 Å². The van der Waals surface area contributed by atoms with Gasteiger partial charge in [-0.1, -0.05) is 19.1 Å². The summed E-state index contributed by atoms with van der Waals surface area (Å²) in [5.41, 5.74) is 0.472. The molecule has 7 heteroatoms. The van der Waals surface area contributed by atoms with Gasteiger partial charge in [0, 0.05) is 13.0 Å². The Labute approximate surface area is 111 Å². The van der Waals surface area contributed by atoms with Crippen molar-refractivity contribution < 1.29 is 22.7 Å². The van der Waals surface area contributed by atoms with Crippen molar-refractivity contribution in [3.8, 4) is 0 Å². The van der Waals surface area contributed by atoms with Crippen molar-refractivity contribution >= 4 is 16.0 Å². The van der Waals surface area contributed by atoms with E-state index in [-0.39, 0.29) is 24.6 Å². The van der Waals surface area contributed by atoms with Crippen LogP contribution in [0.15, 0.2) is 24.3 Å². The third-order valence-corrected chi connectivity index (χ3v) is 3.76. The fourth-order valence-electron chi connectivity index (χ4n) is 1.49. The first-order valence-corrected chi connectivity index (χ1v) is 7.37. The Kier molecular flexibility index (Phi) is 5.44. The molecule has 0 fully saturated rings. The molecule has 0 aliphatic carbocycles. The van der Waals surface area contributed by atoms with Crippen LogP contribution in [0.2, 0.25) is 0 Å². The van der Waals surface area contributed by atoms with Crippen molar-refractivity contribution in [3.63, 3.8) is 0 Å². The Hall–Kier alpha value is -1.47. The van der Waals surface area contributed by atoms with Gasteiger partial charge < -0.3 is 5.11 Å². The first-order valence-electron chi connectivity index (χ1n) is 5.72. The number of halogens is 1. The number of carboxylic acid groups (broad SMARTS) is 1. The van der Waals surface area contributed by atoms with Crippen molar-refractivity contribution in [3.05, 3.63) is 35.6 Å². The number of carbonyl (C=O) groups is 1. The summed E-state index contributed by atoms with van der Waals surface area (Å²) in [6.07, 6.45) is -0.0981. The fraction of sp³-hybridized carbons (Fsp3) is 0.417. The maximum Gasteiger partial charge on any atom is 0.303 e. The lowest BCUT2D eigenvalue weighted by atomic mass is 10.1. The summed E-state index contributed by atoms with van der Waals surface area (Å²) in [6, 6.07) is 5.18. The second-order valence-electron chi connectivity index (χ2n) is 4.44. The van der Waals surface area contributed by atoms with Crippen LogP contribution in [0.5, 0.6) is 0 Å². The van der Waals surface area contributed by atoms with Crippen molar-refractivity contribution in [2.75, 3.05) is 6.54 Å². The van der Waals surface area contributed by atoms with Crippen LogP contribution in [0, 0.1) is 11.7 Å². The molecule has 19 heavy (non-hydrogen) atoms. The van der Waals surface area contributed by atoms with Crippen LogP contribution >= 0.6 is 0 Å². The molecule has 2 N–H and O–H groups in total. The molecule has 1 atom stereocenters. The van der Waals surface area contributed by atoms with Crippen LogP contribution in [-0.4, -0.2) is 26.0 Å². The quantitative estimate of drug-likeness (QED) is 0.794. The van der Waals surface area contributed by atoms with Gasteiger partial charge in [0.2, 0.25) is 10.0 Å². The van der Waals surface area contributed by atoms with Crippen LogP contribution in [0.4, 0.5) is 4.39 Å². The molecule has 0 bridgehead atoms. The van der Waals surface area contributed by atoms with E-state index in [0.29, 0.717) is 5.56 Å². The number of benzene rings is 1. The molecule has 0 saturated carbocycles. The Morgan fingerprint density at radius 3 is 2.47 bits per heavy atom. The van der Waals surface area contributed by atoms with E-state index in [1.807, 2.05) is 0 Å². The van der Waals surface area contributed by atoms with Gasteiger partial charge in [-0.05, 0) is 23.6 Å². The van der Waals surface area contributed by atoms with Crippen molar-refractivity contribution in [2.45, 2.75) is 19.1 Å². The summed E-state index contributed by atoms with van der Waals surface area (Å²) < 4.78 is 38.5.